The molecule has 0 heterocycles. The van der Waals surface area contributed by atoms with E-state index in [2.05, 4.69) is 58.2 Å². The molecular formula is C24H28OS. The minimum atomic E-state index is 0.0703. The number of rotatable bonds is 4. The molecule has 2 heteroatoms. The zero-order chi connectivity index (χ0) is 18.9. The number of ketones is 1. The second-order valence-corrected chi connectivity index (χ2v) is 9.38. The first-order chi connectivity index (χ1) is 12.2. The van der Waals surface area contributed by atoms with E-state index in [4.69, 9.17) is 0 Å². The van der Waals surface area contributed by atoms with Crippen LogP contribution in [0.3, 0.4) is 0 Å². The van der Waals surface area contributed by atoms with Crippen molar-refractivity contribution in [3.8, 4) is 0 Å². The van der Waals surface area contributed by atoms with Crippen molar-refractivity contribution in [1.29, 1.82) is 0 Å². The Bertz CT molecular complexity index is 841. The highest BCUT2D eigenvalue weighted by molar-refractivity contribution is 7.98. The lowest BCUT2D eigenvalue weighted by atomic mass is 9.63. The molecule has 1 aliphatic rings. The van der Waals surface area contributed by atoms with E-state index in [-0.39, 0.29) is 16.6 Å². The van der Waals surface area contributed by atoms with Gasteiger partial charge >= 0.3 is 0 Å². The highest BCUT2D eigenvalue weighted by Gasteiger charge is 2.37. The van der Waals surface area contributed by atoms with Crippen molar-refractivity contribution in [3.05, 3.63) is 70.8 Å². The Kier molecular flexibility index (Phi) is 5.16. The van der Waals surface area contributed by atoms with Gasteiger partial charge in [0.05, 0.1) is 0 Å². The molecule has 3 rings (SSSR count). The summed E-state index contributed by atoms with van der Waals surface area (Å²) in [4.78, 5) is 13.9. The van der Waals surface area contributed by atoms with E-state index >= 15 is 0 Å². The van der Waals surface area contributed by atoms with Crippen LogP contribution in [0.5, 0.6) is 0 Å². The first kappa shape index (κ1) is 19.0. The average Bonchev–Trinajstić information content (AvgIpc) is 2.63. The van der Waals surface area contributed by atoms with Gasteiger partial charge in [-0.15, -0.1) is 11.8 Å². The van der Waals surface area contributed by atoms with E-state index in [9.17, 15) is 4.79 Å². The topological polar surface area (TPSA) is 17.1 Å². The fraction of sp³-hybridized carbons (Fsp3) is 0.375. The number of hydrogen-bond donors (Lipinski definition) is 0. The maximum atomic E-state index is 12.7. The van der Waals surface area contributed by atoms with Crippen LogP contribution >= 0.6 is 11.8 Å². The normalized spacial score (nSPS) is 17.9. The minimum absolute atomic E-state index is 0.0703. The average molecular weight is 365 g/mol. The van der Waals surface area contributed by atoms with Crippen LogP contribution < -0.4 is 0 Å². The maximum Gasteiger partial charge on any atom is 0.185 e. The van der Waals surface area contributed by atoms with Gasteiger partial charge < -0.3 is 0 Å². The molecule has 0 unspecified atom stereocenters. The molecule has 1 nitrogen and oxygen atoms in total. The molecule has 0 bridgehead atoms. The molecule has 1 aliphatic carbocycles. The van der Waals surface area contributed by atoms with E-state index < -0.39 is 0 Å². The Morgan fingerprint density at radius 3 is 2.15 bits per heavy atom. The lowest BCUT2D eigenvalue weighted by Gasteiger charge is -2.42. The molecule has 0 spiro atoms. The smallest absolute Gasteiger partial charge is 0.185 e. The van der Waals surface area contributed by atoms with Gasteiger partial charge in [0.2, 0.25) is 0 Å². The Morgan fingerprint density at radius 1 is 0.923 bits per heavy atom. The van der Waals surface area contributed by atoms with Crippen LogP contribution in [-0.2, 0) is 10.8 Å². The van der Waals surface area contributed by atoms with Gasteiger partial charge in [0.1, 0.15) is 0 Å². The summed E-state index contributed by atoms with van der Waals surface area (Å²) in [6.45, 7) is 9.19. The van der Waals surface area contributed by atoms with Crippen molar-refractivity contribution < 1.29 is 4.79 Å². The maximum absolute atomic E-state index is 12.7. The zero-order valence-electron chi connectivity index (χ0n) is 16.4. The van der Waals surface area contributed by atoms with E-state index in [0.29, 0.717) is 0 Å². The van der Waals surface area contributed by atoms with Crippen molar-refractivity contribution in [2.75, 3.05) is 6.26 Å². The first-order valence-electron chi connectivity index (χ1n) is 9.24. The van der Waals surface area contributed by atoms with Crippen LogP contribution in [0.25, 0.3) is 6.08 Å². The number of carbonyl (C=O) groups excluding carboxylic acids is 1. The lowest BCUT2D eigenvalue weighted by Crippen LogP contribution is -2.34. The molecule has 0 saturated heterocycles. The second kappa shape index (κ2) is 7.08. The van der Waals surface area contributed by atoms with Crippen molar-refractivity contribution in [3.63, 3.8) is 0 Å². The third-order valence-corrected chi connectivity index (χ3v) is 6.42. The van der Waals surface area contributed by atoms with Gasteiger partial charge in [-0.3, -0.25) is 4.79 Å². The molecule has 2 aromatic rings. The summed E-state index contributed by atoms with van der Waals surface area (Å²) in [6.07, 6.45) is 8.00. The summed E-state index contributed by atoms with van der Waals surface area (Å²) < 4.78 is 0. The zero-order valence-corrected chi connectivity index (χ0v) is 17.2. The van der Waals surface area contributed by atoms with Crippen molar-refractivity contribution in [2.45, 2.75) is 56.3 Å². The number of thioether (sulfide) groups is 1. The third kappa shape index (κ3) is 3.81. The molecule has 2 aromatic carbocycles. The molecule has 0 N–H and O–H groups in total. The molecule has 0 radical (unpaired) electrons. The highest BCUT2D eigenvalue weighted by atomic mass is 32.2. The van der Waals surface area contributed by atoms with Crippen LogP contribution in [0.15, 0.2) is 53.4 Å². The molecular weight excluding hydrogens is 336 g/mol. The summed E-state index contributed by atoms with van der Waals surface area (Å²) in [5.41, 5.74) is 4.86. The molecule has 0 saturated carbocycles. The number of benzene rings is 2. The second-order valence-electron chi connectivity index (χ2n) is 8.50. The fourth-order valence-electron chi connectivity index (χ4n) is 3.73. The Labute approximate surface area is 161 Å². The van der Waals surface area contributed by atoms with E-state index in [1.54, 1.807) is 17.8 Å². The summed E-state index contributed by atoms with van der Waals surface area (Å²) in [5, 5.41) is 0. The van der Waals surface area contributed by atoms with Gasteiger partial charge in [-0.25, -0.2) is 0 Å². The van der Waals surface area contributed by atoms with Gasteiger partial charge in [-0.2, -0.15) is 0 Å². The van der Waals surface area contributed by atoms with Crippen molar-refractivity contribution in [1.82, 2.24) is 0 Å². The first-order valence-corrected chi connectivity index (χ1v) is 10.5. The van der Waals surface area contributed by atoms with Gasteiger partial charge in [0.25, 0.3) is 0 Å². The molecule has 0 amide bonds. The molecule has 0 aromatic heterocycles. The van der Waals surface area contributed by atoms with Crippen LogP contribution in [0, 0.1) is 0 Å². The predicted molar refractivity (Wildman–Crippen MR) is 113 cm³/mol. The van der Waals surface area contributed by atoms with Gasteiger partial charge in [0, 0.05) is 10.5 Å². The molecule has 26 heavy (non-hydrogen) atoms. The van der Waals surface area contributed by atoms with Crippen molar-refractivity contribution >= 4 is 23.6 Å². The molecule has 0 atom stereocenters. The van der Waals surface area contributed by atoms with Gasteiger partial charge in [0.15, 0.2) is 5.78 Å². The van der Waals surface area contributed by atoms with Crippen molar-refractivity contribution in [2.24, 2.45) is 0 Å². The number of fused-ring (bicyclic) bond motifs is 1. The Morgan fingerprint density at radius 2 is 1.54 bits per heavy atom. The lowest BCUT2D eigenvalue weighted by molar-refractivity contribution is 0.104. The van der Waals surface area contributed by atoms with Crippen LogP contribution in [0.1, 0.15) is 67.6 Å². The predicted octanol–water partition coefficient (Wildman–Crippen LogP) is 6.65. The monoisotopic (exact) mass is 364 g/mol. The van der Waals surface area contributed by atoms with Gasteiger partial charge in [-0.05, 0) is 70.9 Å². The highest BCUT2D eigenvalue weighted by Crippen LogP contribution is 2.45. The third-order valence-electron chi connectivity index (χ3n) is 5.68. The molecule has 0 aliphatic heterocycles. The fourth-order valence-corrected chi connectivity index (χ4v) is 4.13. The number of hydrogen-bond acceptors (Lipinski definition) is 2. The van der Waals surface area contributed by atoms with Crippen LogP contribution in [0.4, 0.5) is 0 Å². The minimum Gasteiger partial charge on any atom is -0.289 e. The largest absolute Gasteiger partial charge is 0.289 e. The standard InChI is InChI=1S/C24H28OS/c1-23(2)14-15-24(3,4)21-16-18(9-12-20(21)23)22(25)13-8-17-6-10-19(26-5)11-7-17/h6-13,16H,14-15H2,1-5H3. The van der Waals surface area contributed by atoms with Crippen LogP contribution in [-0.4, -0.2) is 12.0 Å². The van der Waals surface area contributed by atoms with E-state index in [1.807, 2.05) is 24.3 Å². The molecule has 136 valence electrons. The quantitative estimate of drug-likeness (QED) is 0.343. The SMILES string of the molecule is CSc1ccc(C=CC(=O)c2ccc3c(c2)C(C)(C)CCC3(C)C)cc1. The van der Waals surface area contributed by atoms with E-state index in [1.165, 1.54) is 22.4 Å². The Hall–Kier alpha value is -1.80. The summed E-state index contributed by atoms with van der Waals surface area (Å²) in [6, 6.07) is 14.6. The molecule has 0 fully saturated rings. The van der Waals surface area contributed by atoms with Crippen LogP contribution in [0.2, 0.25) is 0 Å². The summed E-state index contributed by atoms with van der Waals surface area (Å²) in [7, 11) is 0. The number of allylic oxidation sites excluding steroid dienone is 1. The summed E-state index contributed by atoms with van der Waals surface area (Å²) in [5.74, 6) is 0.0703. The Balaban J connectivity index is 1.87. The van der Waals surface area contributed by atoms with Gasteiger partial charge in [-0.1, -0.05) is 58.0 Å². The van der Waals surface area contributed by atoms with E-state index in [0.717, 1.165) is 17.5 Å². The summed E-state index contributed by atoms with van der Waals surface area (Å²) >= 11 is 1.72. The number of carbonyl (C=O) groups is 1.